The first kappa shape index (κ1) is 26.0. The van der Waals surface area contributed by atoms with Crippen molar-refractivity contribution < 1.29 is 14.4 Å². The van der Waals surface area contributed by atoms with Crippen molar-refractivity contribution in [2.45, 2.75) is 53.3 Å². The monoisotopic (exact) mass is 504 g/mol. The van der Waals surface area contributed by atoms with Gasteiger partial charge in [0.1, 0.15) is 0 Å². The molecule has 37 heavy (non-hydrogen) atoms. The van der Waals surface area contributed by atoms with Crippen LogP contribution in [-0.4, -0.2) is 32.5 Å². The molecule has 0 saturated heterocycles. The highest BCUT2D eigenvalue weighted by molar-refractivity contribution is 5.74. The van der Waals surface area contributed by atoms with E-state index in [0.717, 1.165) is 38.4 Å². The molecule has 0 saturated carbocycles. The zero-order valence-electron chi connectivity index (χ0n) is 21.5. The van der Waals surface area contributed by atoms with Crippen LogP contribution in [0.25, 0.3) is 11.1 Å². The van der Waals surface area contributed by atoms with E-state index in [-0.39, 0.29) is 6.54 Å². The Morgan fingerprint density at radius 3 is 2.54 bits per heavy atom. The summed E-state index contributed by atoms with van der Waals surface area (Å²) < 4.78 is 11.6. The lowest BCUT2D eigenvalue weighted by Gasteiger charge is -2.17. The standard InChI is InChI=1S/C28H32N4O5/c1-17-14-25(36-13-12-18(2)33)30-20(4)26(17)24-7-5-6-22(19(24)3)15-29-23-10-8-21(9-11-23)16-32-27(34)31-28(35)37-32/h5-11,14,18,29,33H,12-13,15-16H2,1-4H3,(H,31,34,35)/t18-/m1/s1. The molecule has 194 valence electrons. The molecule has 0 unspecified atom stereocenters. The SMILES string of the molecule is Cc1cc(OCC[C@@H](C)O)nc(C)c1-c1cccc(CNc2ccc(Cn3oc(=O)[nH]c3=O)cc2)c1C. The molecule has 0 spiro atoms. The first-order valence-electron chi connectivity index (χ1n) is 12.2. The number of aromatic amines is 1. The molecule has 0 amide bonds. The highest BCUT2D eigenvalue weighted by atomic mass is 16.5. The van der Waals surface area contributed by atoms with E-state index in [1.165, 1.54) is 11.1 Å². The van der Waals surface area contributed by atoms with Crippen molar-refractivity contribution in [3.63, 3.8) is 0 Å². The van der Waals surface area contributed by atoms with Crippen LogP contribution < -0.4 is 21.5 Å². The topological polar surface area (TPSA) is 122 Å². The molecule has 2 aromatic carbocycles. The summed E-state index contributed by atoms with van der Waals surface area (Å²) >= 11 is 0. The van der Waals surface area contributed by atoms with Gasteiger partial charge >= 0.3 is 11.4 Å². The van der Waals surface area contributed by atoms with Crippen LogP contribution >= 0.6 is 0 Å². The highest BCUT2D eigenvalue weighted by Crippen LogP contribution is 2.32. The van der Waals surface area contributed by atoms with Crippen LogP contribution in [-0.2, 0) is 13.1 Å². The molecular weight excluding hydrogens is 472 g/mol. The van der Waals surface area contributed by atoms with E-state index in [1.807, 2.05) is 37.3 Å². The molecule has 9 heteroatoms. The van der Waals surface area contributed by atoms with E-state index in [0.29, 0.717) is 25.5 Å². The minimum Gasteiger partial charge on any atom is -0.478 e. The van der Waals surface area contributed by atoms with Gasteiger partial charge in [-0.15, -0.1) is 4.74 Å². The Balaban J connectivity index is 1.46. The van der Waals surface area contributed by atoms with Crippen LogP contribution in [0.4, 0.5) is 5.69 Å². The lowest BCUT2D eigenvalue weighted by Crippen LogP contribution is -2.17. The largest absolute Gasteiger partial charge is 0.478 e. The molecule has 0 aliphatic carbocycles. The molecule has 0 radical (unpaired) electrons. The van der Waals surface area contributed by atoms with Gasteiger partial charge in [-0.05, 0) is 67.6 Å². The molecule has 0 aliphatic heterocycles. The van der Waals surface area contributed by atoms with Gasteiger partial charge in [-0.1, -0.05) is 30.3 Å². The number of hydrogen-bond acceptors (Lipinski definition) is 7. The molecule has 2 heterocycles. The number of nitrogens with one attached hydrogen (secondary N) is 2. The molecule has 3 N–H and O–H groups in total. The summed E-state index contributed by atoms with van der Waals surface area (Å²) in [6, 6.07) is 15.8. The molecule has 0 aliphatic rings. The maximum atomic E-state index is 11.6. The maximum Gasteiger partial charge on any atom is 0.440 e. The Kier molecular flexibility index (Phi) is 7.93. The van der Waals surface area contributed by atoms with Crippen LogP contribution in [0, 0.1) is 20.8 Å². The quantitative estimate of drug-likeness (QED) is 0.299. The summed E-state index contributed by atoms with van der Waals surface area (Å²) in [7, 11) is 0. The predicted molar refractivity (Wildman–Crippen MR) is 142 cm³/mol. The summed E-state index contributed by atoms with van der Waals surface area (Å²) in [5.41, 5.74) is 7.75. The molecule has 0 fully saturated rings. The maximum absolute atomic E-state index is 11.6. The number of aliphatic hydroxyl groups excluding tert-OH is 1. The number of ether oxygens (including phenoxy) is 1. The number of pyridine rings is 1. The van der Waals surface area contributed by atoms with Crippen molar-refractivity contribution in [1.29, 1.82) is 0 Å². The normalized spacial score (nSPS) is 11.9. The smallest absolute Gasteiger partial charge is 0.440 e. The van der Waals surface area contributed by atoms with E-state index in [9.17, 15) is 14.7 Å². The van der Waals surface area contributed by atoms with E-state index >= 15 is 0 Å². The fourth-order valence-corrected chi connectivity index (χ4v) is 4.27. The molecule has 9 nitrogen and oxygen atoms in total. The van der Waals surface area contributed by atoms with Gasteiger partial charge in [0.05, 0.1) is 19.3 Å². The molecular formula is C28H32N4O5. The lowest BCUT2D eigenvalue weighted by molar-refractivity contribution is 0.154. The number of H-pyrrole nitrogens is 1. The molecule has 1 atom stereocenters. The summed E-state index contributed by atoms with van der Waals surface area (Å²) in [6.45, 7) is 9.14. The van der Waals surface area contributed by atoms with Gasteiger partial charge in [-0.2, -0.15) is 0 Å². The lowest BCUT2D eigenvalue weighted by atomic mass is 9.92. The third-order valence-electron chi connectivity index (χ3n) is 6.27. The second-order valence-electron chi connectivity index (χ2n) is 9.21. The second kappa shape index (κ2) is 11.3. The molecule has 2 aromatic heterocycles. The van der Waals surface area contributed by atoms with Crippen molar-refractivity contribution in [3.05, 3.63) is 97.5 Å². The van der Waals surface area contributed by atoms with Gasteiger partial charge in [0.15, 0.2) is 0 Å². The van der Waals surface area contributed by atoms with Gasteiger partial charge in [-0.3, -0.25) is 0 Å². The fraction of sp³-hybridized carbons (Fsp3) is 0.321. The summed E-state index contributed by atoms with van der Waals surface area (Å²) in [4.78, 5) is 29.5. The van der Waals surface area contributed by atoms with Crippen LogP contribution in [0.15, 0.2) is 62.6 Å². The van der Waals surface area contributed by atoms with Gasteiger partial charge in [-0.25, -0.2) is 19.6 Å². The van der Waals surface area contributed by atoms with Crippen molar-refractivity contribution >= 4 is 5.69 Å². The number of aryl methyl sites for hydroxylation is 2. The zero-order chi connectivity index (χ0) is 26.5. The van der Waals surface area contributed by atoms with Crippen LogP contribution in [0.2, 0.25) is 0 Å². The second-order valence-corrected chi connectivity index (χ2v) is 9.21. The van der Waals surface area contributed by atoms with Crippen LogP contribution in [0.3, 0.4) is 0 Å². The third kappa shape index (κ3) is 6.37. The summed E-state index contributed by atoms with van der Waals surface area (Å²) in [5, 5.41) is 12.9. The van der Waals surface area contributed by atoms with Crippen LogP contribution in [0.1, 0.15) is 41.3 Å². The Morgan fingerprint density at radius 2 is 1.89 bits per heavy atom. The zero-order valence-corrected chi connectivity index (χ0v) is 21.5. The van der Waals surface area contributed by atoms with Gasteiger partial charge in [0.2, 0.25) is 5.88 Å². The number of nitrogens with zero attached hydrogens (tertiary/aromatic N) is 2. The first-order chi connectivity index (χ1) is 17.7. The third-order valence-corrected chi connectivity index (χ3v) is 6.27. The average Bonchev–Trinajstić information content (AvgIpc) is 3.16. The Morgan fingerprint density at radius 1 is 1.14 bits per heavy atom. The summed E-state index contributed by atoms with van der Waals surface area (Å²) in [6.07, 6.45) is 0.154. The number of hydrogen-bond donors (Lipinski definition) is 3. The van der Waals surface area contributed by atoms with Crippen molar-refractivity contribution in [3.8, 4) is 17.0 Å². The number of benzene rings is 2. The highest BCUT2D eigenvalue weighted by Gasteiger charge is 2.14. The minimum atomic E-state index is -0.765. The van der Waals surface area contributed by atoms with Crippen molar-refractivity contribution in [1.82, 2.24) is 14.7 Å². The Bertz CT molecular complexity index is 1460. The Labute approximate surface area is 214 Å². The number of aliphatic hydroxyl groups is 1. The fourth-order valence-electron chi connectivity index (χ4n) is 4.27. The van der Waals surface area contributed by atoms with E-state index < -0.39 is 17.5 Å². The first-order valence-corrected chi connectivity index (χ1v) is 12.2. The molecule has 4 aromatic rings. The Hall–Kier alpha value is -4.11. The van der Waals surface area contributed by atoms with E-state index in [4.69, 9.17) is 9.26 Å². The average molecular weight is 505 g/mol. The van der Waals surface area contributed by atoms with Crippen LogP contribution in [0.5, 0.6) is 5.88 Å². The molecule has 4 rings (SSSR count). The predicted octanol–water partition coefficient (Wildman–Crippen LogP) is 3.93. The number of rotatable bonds is 10. The molecule has 0 bridgehead atoms. The van der Waals surface area contributed by atoms with Crippen molar-refractivity contribution in [2.75, 3.05) is 11.9 Å². The summed E-state index contributed by atoms with van der Waals surface area (Å²) in [5.74, 6) is -0.194. The number of anilines is 1. The van der Waals surface area contributed by atoms with E-state index in [1.54, 1.807) is 6.92 Å². The van der Waals surface area contributed by atoms with Gasteiger partial charge < -0.3 is 19.7 Å². The minimum absolute atomic E-state index is 0.177. The van der Waals surface area contributed by atoms with Crippen molar-refractivity contribution in [2.24, 2.45) is 0 Å². The van der Waals surface area contributed by atoms with E-state index in [2.05, 4.69) is 47.3 Å². The van der Waals surface area contributed by atoms with Gasteiger partial charge in [0, 0.05) is 36.0 Å². The number of aromatic nitrogens is 3. The van der Waals surface area contributed by atoms with Gasteiger partial charge in [0.25, 0.3) is 0 Å².